The van der Waals surface area contributed by atoms with Crippen LogP contribution in [0.4, 0.5) is 0 Å². The summed E-state index contributed by atoms with van der Waals surface area (Å²) in [5.74, 6) is 0.481. The molecule has 0 unspecified atom stereocenters. The van der Waals surface area contributed by atoms with Crippen molar-refractivity contribution in [2.75, 3.05) is 0 Å². The van der Waals surface area contributed by atoms with Gasteiger partial charge in [0, 0.05) is 4.88 Å². The second-order valence-corrected chi connectivity index (χ2v) is 4.79. The normalized spacial score (nSPS) is 16.5. The fraction of sp³-hybridized carbons (Fsp3) is 0.600. The summed E-state index contributed by atoms with van der Waals surface area (Å²) >= 11 is 1.76. The van der Waals surface area contributed by atoms with E-state index in [2.05, 4.69) is 39.1 Å². The smallest absolute Gasteiger partial charge is 0.0501 e. The monoisotopic (exact) mass is 183 g/mol. The third kappa shape index (κ3) is 1.54. The number of nitrogens with two attached hydrogens (primary N) is 1. The Hall–Kier alpha value is -0.340. The van der Waals surface area contributed by atoms with E-state index in [0.717, 1.165) is 0 Å². The van der Waals surface area contributed by atoms with Gasteiger partial charge >= 0.3 is 0 Å². The average Bonchev–Trinajstić information content (AvgIpc) is 2.35. The number of rotatable bonds is 2. The van der Waals surface area contributed by atoms with E-state index in [9.17, 15) is 0 Å². The zero-order valence-electron chi connectivity index (χ0n) is 8.22. The van der Waals surface area contributed by atoms with Crippen LogP contribution in [0.25, 0.3) is 0 Å². The molecule has 2 heteroatoms. The summed E-state index contributed by atoms with van der Waals surface area (Å²) < 4.78 is 0. The van der Waals surface area contributed by atoms with Crippen molar-refractivity contribution in [3.63, 3.8) is 0 Å². The van der Waals surface area contributed by atoms with Gasteiger partial charge in [0.2, 0.25) is 0 Å². The summed E-state index contributed by atoms with van der Waals surface area (Å²) in [4.78, 5) is 1.32. The van der Waals surface area contributed by atoms with Gasteiger partial charge in [-0.15, -0.1) is 11.3 Å². The minimum absolute atomic E-state index is 0.168. The van der Waals surface area contributed by atoms with Gasteiger partial charge in [0.1, 0.15) is 0 Å². The van der Waals surface area contributed by atoms with Crippen molar-refractivity contribution in [2.24, 2.45) is 11.7 Å². The first kappa shape index (κ1) is 9.75. The molecule has 0 aliphatic rings. The zero-order valence-corrected chi connectivity index (χ0v) is 9.03. The van der Waals surface area contributed by atoms with Crippen LogP contribution in [0, 0.1) is 12.8 Å². The van der Waals surface area contributed by atoms with Gasteiger partial charge in [0.15, 0.2) is 0 Å². The molecule has 1 rings (SSSR count). The fourth-order valence-corrected chi connectivity index (χ4v) is 2.34. The van der Waals surface area contributed by atoms with E-state index in [0.29, 0.717) is 5.92 Å². The summed E-state index contributed by atoms with van der Waals surface area (Å²) in [6, 6.07) is 2.13. The van der Waals surface area contributed by atoms with E-state index in [1.165, 1.54) is 10.4 Å². The lowest BCUT2D eigenvalue weighted by atomic mass is 9.86. The maximum absolute atomic E-state index is 6.24. The third-order valence-corrected chi connectivity index (χ3v) is 3.82. The van der Waals surface area contributed by atoms with Crippen molar-refractivity contribution < 1.29 is 0 Å². The van der Waals surface area contributed by atoms with E-state index < -0.39 is 0 Å². The number of aryl methyl sites for hydroxylation is 1. The van der Waals surface area contributed by atoms with Crippen LogP contribution in [0.1, 0.15) is 31.2 Å². The molecule has 2 N–H and O–H groups in total. The van der Waals surface area contributed by atoms with Crippen molar-refractivity contribution in [3.05, 3.63) is 21.9 Å². The molecular formula is C10H17NS. The Morgan fingerprint density at radius 2 is 2.08 bits per heavy atom. The van der Waals surface area contributed by atoms with Crippen LogP contribution in [0.2, 0.25) is 0 Å². The standard InChI is InChI=1S/C10H17NS/c1-7(2)10(4,11)9-8(3)5-6-12-9/h5-7H,11H2,1-4H3/t10-/m0/s1. The second-order valence-electron chi connectivity index (χ2n) is 3.87. The zero-order chi connectivity index (χ0) is 9.35. The molecule has 12 heavy (non-hydrogen) atoms. The van der Waals surface area contributed by atoms with Gasteiger partial charge in [-0.3, -0.25) is 0 Å². The molecule has 68 valence electrons. The van der Waals surface area contributed by atoms with Crippen molar-refractivity contribution in [2.45, 2.75) is 33.2 Å². The highest BCUT2D eigenvalue weighted by molar-refractivity contribution is 7.10. The quantitative estimate of drug-likeness (QED) is 0.749. The molecule has 0 saturated heterocycles. The van der Waals surface area contributed by atoms with Crippen molar-refractivity contribution in [1.29, 1.82) is 0 Å². The SMILES string of the molecule is Cc1ccsc1[C@@](C)(N)C(C)C. The van der Waals surface area contributed by atoms with Gasteiger partial charge in [-0.1, -0.05) is 13.8 Å². The Labute approximate surface area is 78.6 Å². The van der Waals surface area contributed by atoms with E-state index in [-0.39, 0.29) is 5.54 Å². The van der Waals surface area contributed by atoms with Gasteiger partial charge in [0.05, 0.1) is 5.54 Å². The Kier molecular flexibility index (Phi) is 2.59. The van der Waals surface area contributed by atoms with Crippen molar-refractivity contribution in [1.82, 2.24) is 0 Å². The van der Waals surface area contributed by atoms with Crippen LogP contribution in [0.3, 0.4) is 0 Å². The van der Waals surface area contributed by atoms with E-state index in [1.54, 1.807) is 11.3 Å². The predicted octanol–water partition coefficient (Wildman–Crippen LogP) is 2.89. The maximum atomic E-state index is 6.24. The highest BCUT2D eigenvalue weighted by Gasteiger charge is 2.27. The molecule has 1 aromatic heterocycles. The first-order valence-corrected chi connectivity index (χ1v) is 5.17. The van der Waals surface area contributed by atoms with Crippen LogP contribution in [-0.4, -0.2) is 0 Å². The van der Waals surface area contributed by atoms with Gasteiger partial charge in [0.25, 0.3) is 0 Å². The van der Waals surface area contributed by atoms with Crippen LogP contribution in [-0.2, 0) is 5.54 Å². The van der Waals surface area contributed by atoms with Gasteiger partial charge < -0.3 is 5.73 Å². The highest BCUT2D eigenvalue weighted by Crippen LogP contribution is 2.32. The lowest BCUT2D eigenvalue weighted by Crippen LogP contribution is -2.38. The lowest BCUT2D eigenvalue weighted by Gasteiger charge is -2.28. The number of thiophene rings is 1. The summed E-state index contributed by atoms with van der Waals surface area (Å²) in [7, 11) is 0. The average molecular weight is 183 g/mol. The Morgan fingerprint density at radius 1 is 1.50 bits per heavy atom. The number of hydrogen-bond donors (Lipinski definition) is 1. The lowest BCUT2D eigenvalue weighted by molar-refractivity contribution is 0.356. The summed E-state index contributed by atoms with van der Waals surface area (Å²) in [5.41, 5.74) is 7.39. The van der Waals surface area contributed by atoms with Gasteiger partial charge in [-0.2, -0.15) is 0 Å². The molecule has 0 radical (unpaired) electrons. The molecule has 0 fully saturated rings. The molecule has 0 aliphatic carbocycles. The molecule has 0 aromatic carbocycles. The molecule has 1 heterocycles. The summed E-state index contributed by atoms with van der Waals surface area (Å²) in [6.45, 7) is 8.56. The molecule has 1 atom stereocenters. The Balaban J connectivity index is 3.05. The predicted molar refractivity (Wildman–Crippen MR) is 55.4 cm³/mol. The minimum atomic E-state index is -0.168. The largest absolute Gasteiger partial charge is 0.321 e. The molecule has 1 aromatic rings. The van der Waals surface area contributed by atoms with E-state index in [1.807, 2.05) is 0 Å². The Morgan fingerprint density at radius 3 is 2.42 bits per heavy atom. The highest BCUT2D eigenvalue weighted by atomic mass is 32.1. The summed E-state index contributed by atoms with van der Waals surface area (Å²) in [6.07, 6.45) is 0. The van der Waals surface area contributed by atoms with Gasteiger partial charge in [-0.25, -0.2) is 0 Å². The van der Waals surface area contributed by atoms with Crippen LogP contribution in [0.15, 0.2) is 11.4 Å². The van der Waals surface area contributed by atoms with Crippen molar-refractivity contribution in [3.8, 4) is 0 Å². The topological polar surface area (TPSA) is 26.0 Å². The molecule has 1 nitrogen and oxygen atoms in total. The molecule has 0 aliphatic heterocycles. The molecule has 0 bridgehead atoms. The first-order valence-electron chi connectivity index (χ1n) is 4.29. The second kappa shape index (κ2) is 3.19. The van der Waals surface area contributed by atoms with E-state index in [4.69, 9.17) is 5.73 Å². The van der Waals surface area contributed by atoms with E-state index >= 15 is 0 Å². The molecule has 0 amide bonds. The van der Waals surface area contributed by atoms with Crippen LogP contribution >= 0.6 is 11.3 Å². The fourth-order valence-electron chi connectivity index (χ4n) is 1.19. The Bertz CT molecular complexity index is 261. The van der Waals surface area contributed by atoms with Gasteiger partial charge in [-0.05, 0) is 36.8 Å². The number of hydrogen-bond acceptors (Lipinski definition) is 2. The third-order valence-electron chi connectivity index (χ3n) is 2.55. The molecule has 0 saturated carbocycles. The van der Waals surface area contributed by atoms with Crippen molar-refractivity contribution >= 4 is 11.3 Å². The summed E-state index contributed by atoms with van der Waals surface area (Å²) in [5, 5.41) is 2.11. The van der Waals surface area contributed by atoms with Crippen LogP contribution in [0.5, 0.6) is 0 Å². The molecule has 0 spiro atoms. The molecular weight excluding hydrogens is 166 g/mol. The minimum Gasteiger partial charge on any atom is -0.321 e. The first-order chi connectivity index (χ1) is 5.46. The van der Waals surface area contributed by atoms with Crippen LogP contribution < -0.4 is 5.73 Å². The maximum Gasteiger partial charge on any atom is 0.0501 e.